The molecule has 1 aromatic rings. The molecule has 1 heterocycles. The zero-order valence-corrected chi connectivity index (χ0v) is 10.7. The lowest BCUT2D eigenvalue weighted by atomic mass is 10.1. The van der Waals surface area contributed by atoms with Crippen LogP contribution in [0.3, 0.4) is 0 Å². The highest BCUT2D eigenvalue weighted by Crippen LogP contribution is 1.97. The molecule has 9 heteroatoms. The molecule has 0 aromatic carbocycles. The van der Waals surface area contributed by atoms with Crippen molar-refractivity contribution in [3.05, 3.63) is 18.5 Å². The highest BCUT2D eigenvalue weighted by atomic mass is 16.4. The molecule has 1 atom stereocenters. The summed E-state index contributed by atoms with van der Waals surface area (Å²) in [6.07, 6.45) is 2.83. The third-order valence-electron chi connectivity index (χ3n) is 2.44. The molecule has 0 radical (unpaired) electrons. The lowest BCUT2D eigenvalue weighted by Crippen LogP contribution is -2.46. The highest BCUT2D eigenvalue weighted by Gasteiger charge is 2.20. The molecule has 1 unspecified atom stereocenters. The molecule has 9 nitrogen and oxygen atoms in total. The quantitative estimate of drug-likeness (QED) is 0.508. The topological polar surface area (TPSA) is 134 Å². The minimum atomic E-state index is -1.27. The van der Waals surface area contributed by atoms with Gasteiger partial charge in [-0.05, 0) is 12.5 Å². The molecule has 1 rings (SSSR count). The Morgan fingerprint density at radius 2 is 2.05 bits per heavy atom. The Morgan fingerprint density at radius 3 is 2.60 bits per heavy atom. The predicted octanol–water partition coefficient (Wildman–Crippen LogP) is -0.500. The van der Waals surface area contributed by atoms with Crippen LogP contribution >= 0.6 is 0 Å². The maximum absolute atomic E-state index is 11.5. The second-order valence-electron chi connectivity index (χ2n) is 3.99. The molecule has 0 fully saturated rings. The summed E-state index contributed by atoms with van der Waals surface area (Å²) in [6, 6.07) is -0.141. The molecule has 0 saturated heterocycles. The number of urea groups is 1. The molecule has 20 heavy (non-hydrogen) atoms. The van der Waals surface area contributed by atoms with Crippen molar-refractivity contribution in [1.29, 1.82) is 0 Å². The summed E-state index contributed by atoms with van der Waals surface area (Å²) in [5, 5.41) is 26.0. The molecule has 0 bridgehead atoms. The third kappa shape index (κ3) is 5.85. The van der Waals surface area contributed by atoms with Gasteiger partial charge in [0.2, 0.25) is 0 Å². The van der Waals surface area contributed by atoms with E-state index in [1.54, 1.807) is 23.1 Å². The Morgan fingerprint density at radius 1 is 1.30 bits per heavy atom. The fraction of sp³-hybridized carbons (Fsp3) is 0.455. The number of aromatic nitrogens is 2. The van der Waals surface area contributed by atoms with E-state index in [2.05, 4.69) is 15.7 Å². The first-order valence-electron chi connectivity index (χ1n) is 5.95. The van der Waals surface area contributed by atoms with Crippen molar-refractivity contribution >= 4 is 18.0 Å². The minimum absolute atomic E-state index is 0.169. The summed E-state index contributed by atoms with van der Waals surface area (Å²) in [7, 11) is 0. The number of hydrogen-bond acceptors (Lipinski definition) is 4. The molecule has 110 valence electrons. The highest BCUT2D eigenvalue weighted by molar-refractivity contribution is 5.82. The third-order valence-corrected chi connectivity index (χ3v) is 2.44. The number of carbonyl (C=O) groups excluding carboxylic acids is 1. The summed E-state index contributed by atoms with van der Waals surface area (Å²) in [5.74, 6) is -2.38. The van der Waals surface area contributed by atoms with E-state index in [1.807, 2.05) is 0 Å². The molecule has 0 spiro atoms. The van der Waals surface area contributed by atoms with Gasteiger partial charge in [-0.15, -0.1) is 0 Å². The fourth-order valence-corrected chi connectivity index (χ4v) is 1.45. The Bertz CT molecular complexity index is 459. The Kier molecular flexibility index (Phi) is 6.01. The number of amides is 2. The number of carboxylic acid groups (broad SMARTS) is 2. The van der Waals surface area contributed by atoms with Gasteiger partial charge < -0.3 is 20.8 Å². The largest absolute Gasteiger partial charge is 0.481 e. The van der Waals surface area contributed by atoms with Gasteiger partial charge in [-0.3, -0.25) is 9.48 Å². The zero-order chi connectivity index (χ0) is 15.0. The van der Waals surface area contributed by atoms with Crippen LogP contribution in [0.4, 0.5) is 4.79 Å². The number of carbonyl (C=O) groups is 3. The first kappa shape index (κ1) is 15.5. The van der Waals surface area contributed by atoms with E-state index < -0.39 is 24.0 Å². The number of aliphatic carboxylic acids is 2. The standard InChI is InChI=1S/C11H16N4O5/c16-9(17)3-2-8(10(18)19)14-11(20)12-5-7-15-6-1-4-13-15/h1,4,6,8H,2-3,5,7H2,(H,16,17)(H,18,19)(H2,12,14,20). The van der Waals surface area contributed by atoms with Crippen molar-refractivity contribution in [1.82, 2.24) is 20.4 Å². The molecular formula is C11H16N4O5. The van der Waals surface area contributed by atoms with E-state index in [1.165, 1.54) is 0 Å². The van der Waals surface area contributed by atoms with Crippen LogP contribution < -0.4 is 10.6 Å². The number of nitrogens with one attached hydrogen (secondary N) is 2. The molecule has 0 aliphatic carbocycles. The number of hydrogen-bond donors (Lipinski definition) is 4. The zero-order valence-electron chi connectivity index (χ0n) is 10.7. The van der Waals surface area contributed by atoms with E-state index in [-0.39, 0.29) is 19.4 Å². The van der Waals surface area contributed by atoms with Gasteiger partial charge in [0, 0.05) is 25.4 Å². The predicted molar refractivity (Wildman–Crippen MR) is 67.1 cm³/mol. The van der Waals surface area contributed by atoms with Gasteiger partial charge in [-0.1, -0.05) is 0 Å². The average Bonchev–Trinajstić information content (AvgIpc) is 2.87. The van der Waals surface area contributed by atoms with E-state index in [0.717, 1.165) is 0 Å². The van der Waals surface area contributed by atoms with Crippen molar-refractivity contribution in [2.75, 3.05) is 6.54 Å². The normalized spacial score (nSPS) is 11.6. The Labute approximate surface area is 114 Å². The maximum atomic E-state index is 11.5. The van der Waals surface area contributed by atoms with Crippen LogP contribution in [0.1, 0.15) is 12.8 Å². The van der Waals surface area contributed by atoms with Crippen molar-refractivity contribution in [3.8, 4) is 0 Å². The summed E-state index contributed by atoms with van der Waals surface area (Å²) >= 11 is 0. The van der Waals surface area contributed by atoms with Crippen LogP contribution in [0, 0.1) is 0 Å². The van der Waals surface area contributed by atoms with Crippen LogP contribution in [0.5, 0.6) is 0 Å². The molecule has 2 amide bonds. The molecule has 0 saturated carbocycles. The van der Waals surface area contributed by atoms with Gasteiger partial charge in [0.15, 0.2) is 0 Å². The van der Waals surface area contributed by atoms with Crippen molar-refractivity contribution < 1.29 is 24.6 Å². The Balaban J connectivity index is 2.30. The van der Waals surface area contributed by atoms with Crippen LogP contribution in [0.15, 0.2) is 18.5 Å². The molecule has 0 aliphatic heterocycles. The number of nitrogens with zero attached hydrogens (tertiary/aromatic N) is 2. The second-order valence-corrected chi connectivity index (χ2v) is 3.99. The Hall–Kier alpha value is -2.58. The monoisotopic (exact) mass is 284 g/mol. The van der Waals surface area contributed by atoms with Gasteiger partial charge in [0.25, 0.3) is 0 Å². The lowest BCUT2D eigenvalue weighted by molar-refractivity contribution is -0.140. The lowest BCUT2D eigenvalue weighted by Gasteiger charge is -2.14. The van der Waals surface area contributed by atoms with Gasteiger partial charge in [0.05, 0.1) is 6.54 Å². The van der Waals surface area contributed by atoms with E-state index in [0.29, 0.717) is 6.54 Å². The SMILES string of the molecule is O=C(O)CCC(NC(=O)NCCn1cccn1)C(=O)O. The van der Waals surface area contributed by atoms with Gasteiger partial charge in [-0.25, -0.2) is 9.59 Å². The molecule has 1 aromatic heterocycles. The number of rotatable bonds is 8. The minimum Gasteiger partial charge on any atom is -0.481 e. The first-order chi connectivity index (χ1) is 9.49. The summed E-state index contributed by atoms with van der Waals surface area (Å²) in [5.41, 5.74) is 0. The second kappa shape index (κ2) is 7.77. The molecule has 4 N–H and O–H groups in total. The summed E-state index contributed by atoms with van der Waals surface area (Å²) in [6.45, 7) is 0.728. The molecular weight excluding hydrogens is 268 g/mol. The van der Waals surface area contributed by atoms with Crippen LogP contribution in [0.2, 0.25) is 0 Å². The molecule has 0 aliphatic rings. The van der Waals surface area contributed by atoms with E-state index >= 15 is 0 Å². The maximum Gasteiger partial charge on any atom is 0.326 e. The van der Waals surface area contributed by atoms with E-state index in [4.69, 9.17) is 10.2 Å². The average molecular weight is 284 g/mol. The van der Waals surface area contributed by atoms with Gasteiger partial charge in [-0.2, -0.15) is 5.10 Å². The van der Waals surface area contributed by atoms with Gasteiger partial charge >= 0.3 is 18.0 Å². The van der Waals surface area contributed by atoms with Crippen molar-refractivity contribution in [2.24, 2.45) is 0 Å². The fourth-order valence-electron chi connectivity index (χ4n) is 1.45. The van der Waals surface area contributed by atoms with E-state index in [9.17, 15) is 14.4 Å². The smallest absolute Gasteiger partial charge is 0.326 e. The number of carboxylic acids is 2. The van der Waals surface area contributed by atoms with Crippen molar-refractivity contribution in [2.45, 2.75) is 25.4 Å². The van der Waals surface area contributed by atoms with Crippen LogP contribution in [0.25, 0.3) is 0 Å². The van der Waals surface area contributed by atoms with Crippen molar-refractivity contribution in [3.63, 3.8) is 0 Å². The van der Waals surface area contributed by atoms with Gasteiger partial charge in [0.1, 0.15) is 6.04 Å². The summed E-state index contributed by atoms with van der Waals surface area (Å²) < 4.78 is 1.61. The van der Waals surface area contributed by atoms with Crippen LogP contribution in [-0.2, 0) is 16.1 Å². The van der Waals surface area contributed by atoms with Crippen LogP contribution in [-0.4, -0.2) is 50.5 Å². The summed E-state index contributed by atoms with van der Waals surface area (Å²) in [4.78, 5) is 32.7. The first-order valence-corrected chi connectivity index (χ1v) is 5.95.